The third-order valence-electron chi connectivity index (χ3n) is 18.2. The van der Waals surface area contributed by atoms with Crippen LogP contribution in [0.15, 0.2) is 115 Å². The summed E-state index contributed by atoms with van der Waals surface area (Å²) < 4.78 is 30.9. The molecule has 0 aromatic heterocycles. The Balaban J connectivity index is 1.07. The Morgan fingerprint density at radius 1 is 0.717 bits per heavy atom. The normalized spacial score (nSPS) is 26.6. The first kappa shape index (κ1) is 74.4. The van der Waals surface area contributed by atoms with E-state index in [1.54, 1.807) is 19.1 Å². The Labute approximate surface area is 574 Å². The molecule has 28 heteroatoms. The SMILES string of the molecule is CCCCCOc1ccc(-c2ccc(-c3ccc(C(=O)N[C@H]4C[C@@H](O)[C@@H](OCC[N+](C)(C)C)NC(=O)[C@@H]5[C@@H](O)[C@@H](C)CN5C(=O)[C@H]([C@@H](C)O)NC(=O)[C@H]([C@@H]5OB(c6ccc(C=O)c(OC)c6)O[C@H]5c5ccc(O)cc5)NC(=O)[C@@H]5C[C@@H](O)CN5C(=O)[C@H]([C@@H](C)O)NC4=O)cc3)cc2)cc1. The molecule has 0 saturated carbocycles. The Morgan fingerprint density at radius 3 is 1.90 bits per heavy atom. The van der Waals surface area contributed by atoms with Gasteiger partial charge in [-0.1, -0.05) is 93.4 Å². The van der Waals surface area contributed by atoms with Gasteiger partial charge in [0.25, 0.3) is 5.91 Å². The van der Waals surface area contributed by atoms with E-state index in [0.717, 1.165) is 57.1 Å². The van der Waals surface area contributed by atoms with Crippen molar-refractivity contribution in [2.75, 3.05) is 61.1 Å². The number of likely N-dealkylation sites (N-methyl/N-ethyl adjacent to an activating group) is 1. The summed E-state index contributed by atoms with van der Waals surface area (Å²) in [6, 6.07) is 20.8. The van der Waals surface area contributed by atoms with Crippen molar-refractivity contribution in [3.05, 3.63) is 132 Å². The summed E-state index contributed by atoms with van der Waals surface area (Å²) in [5, 5.41) is 81.8. The van der Waals surface area contributed by atoms with Gasteiger partial charge in [0.05, 0.1) is 77.5 Å². The van der Waals surface area contributed by atoms with Crippen LogP contribution in [0.3, 0.4) is 0 Å². The largest absolute Gasteiger partial charge is 0.508 e. The average Bonchev–Trinajstić information content (AvgIpc) is 1.38. The second kappa shape index (κ2) is 32.9. The van der Waals surface area contributed by atoms with Gasteiger partial charge in [-0.05, 0) is 102 Å². The maximum absolute atomic E-state index is 15.4. The molecule has 99 heavy (non-hydrogen) atoms. The molecule has 7 amide bonds. The summed E-state index contributed by atoms with van der Waals surface area (Å²) in [6.07, 6.45) is -10.7. The molecule has 0 aliphatic carbocycles. The molecular formula is C71H90BN8O19+. The molecule has 0 radical (unpaired) electrons. The number of carbonyl (C=O) groups is 8. The third-order valence-corrected chi connectivity index (χ3v) is 18.2. The first-order valence-electron chi connectivity index (χ1n) is 33.3. The number of phenols is 1. The van der Waals surface area contributed by atoms with Gasteiger partial charge in [0.2, 0.25) is 35.4 Å². The molecule has 27 nitrogen and oxygen atoms in total. The lowest BCUT2D eigenvalue weighted by atomic mass is 9.79. The number of hydrogen-bond donors (Lipinski definition) is 11. The number of unbranched alkanes of at least 4 members (excludes halogenated alkanes) is 2. The topological polar surface area (TPSA) is 371 Å². The minimum Gasteiger partial charge on any atom is -0.508 e. The quantitative estimate of drug-likeness (QED) is 0.0225. The number of nitrogens with zero attached hydrogens (tertiary/aromatic N) is 3. The van der Waals surface area contributed by atoms with Crippen LogP contribution in [-0.4, -0.2) is 240 Å². The predicted octanol–water partition coefficient (Wildman–Crippen LogP) is 1.08. The Kier molecular flexibility index (Phi) is 24.7. The zero-order chi connectivity index (χ0) is 71.6. The van der Waals surface area contributed by atoms with Crippen molar-refractivity contribution < 1.29 is 97.0 Å². The van der Waals surface area contributed by atoms with Crippen LogP contribution < -0.4 is 41.5 Å². The molecule has 4 fully saturated rings. The van der Waals surface area contributed by atoms with E-state index >= 15 is 24.0 Å². The third kappa shape index (κ3) is 18.2. The molecule has 0 bridgehead atoms. The molecule has 11 N–H and O–H groups in total. The predicted molar refractivity (Wildman–Crippen MR) is 362 cm³/mol. The summed E-state index contributed by atoms with van der Waals surface area (Å²) in [7, 11) is 5.48. The van der Waals surface area contributed by atoms with E-state index in [1.165, 1.54) is 75.6 Å². The number of rotatable bonds is 20. The van der Waals surface area contributed by atoms with Gasteiger partial charge >= 0.3 is 7.12 Å². The minimum atomic E-state index is -1.99. The fourth-order valence-corrected chi connectivity index (χ4v) is 12.5. The number of nitrogens with one attached hydrogen (secondary N) is 5. The van der Waals surface area contributed by atoms with E-state index in [9.17, 15) is 45.0 Å². The number of phenolic OH excluding ortho intramolecular Hbond substituents is 1. The summed E-state index contributed by atoms with van der Waals surface area (Å²) >= 11 is 0. The molecule has 4 saturated heterocycles. The monoisotopic (exact) mass is 1370 g/mol. The summed E-state index contributed by atoms with van der Waals surface area (Å²) in [6.45, 7) is 5.92. The van der Waals surface area contributed by atoms with Crippen molar-refractivity contribution in [1.29, 1.82) is 0 Å². The van der Waals surface area contributed by atoms with Crippen molar-refractivity contribution in [3.8, 4) is 39.5 Å². The molecule has 9 rings (SSSR count). The highest BCUT2D eigenvalue weighted by atomic mass is 16.7. The van der Waals surface area contributed by atoms with Crippen LogP contribution >= 0.6 is 0 Å². The number of fused-ring (bicyclic) bond motifs is 2. The van der Waals surface area contributed by atoms with Crippen LogP contribution in [0.4, 0.5) is 0 Å². The van der Waals surface area contributed by atoms with Crippen molar-refractivity contribution in [1.82, 2.24) is 36.4 Å². The lowest BCUT2D eigenvalue weighted by molar-refractivity contribution is -0.870. The number of hydrogen-bond acceptors (Lipinski definition) is 19. The zero-order valence-corrected chi connectivity index (χ0v) is 56.7. The Bertz CT molecular complexity index is 3650. The van der Waals surface area contributed by atoms with Gasteiger partial charge in [-0.15, -0.1) is 0 Å². The zero-order valence-electron chi connectivity index (χ0n) is 56.7. The summed E-state index contributed by atoms with van der Waals surface area (Å²) in [5.74, 6) is -7.69. The molecule has 15 atom stereocenters. The number of aliphatic hydroxyl groups is 5. The van der Waals surface area contributed by atoms with Gasteiger partial charge < -0.3 is 95.0 Å². The summed E-state index contributed by atoms with van der Waals surface area (Å²) in [4.78, 5) is 119. The number of aldehydes is 1. The lowest BCUT2D eigenvalue weighted by Crippen LogP contribution is -2.64. The minimum absolute atomic E-state index is 0.0490. The van der Waals surface area contributed by atoms with E-state index in [1.807, 2.05) is 69.7 Å². The van der Waals surface area contributed by atoms with Crippen LogP contribution in [0, 0.1) is 5.92 Å². The Morgan fingerprint density at radius 2 is 1.31 bits per heavy atom. The number of amides is 7. The highest BCUT2D eigenvalue weighted by Crippen LogP contribution is 2.36. The van der Waals surface area contributed by atoms with Crippen LogP contribution in [0.2, 0.25) is 0 Å². The molecule has 0 unspecified atom stereocenters. The van der Waals surface area contributed by atoms with Crippen molar-refractivity contribution in [2.24, 2.45) is 5.92 Å². The smallest absolute Gasteiger partial charge is 0.494 e. The van der Waals surface area contributed by atoms with Gasteiger partial charge in [0.1, 0.15) is 72.3 Å². The number of methoxy groups -OCH3 is 1. The molecule has 530 valence electrons. The molecule has 5 aromatic carbocycles. The van der Waals surface area contributed by atoms with Gasteiger partial charge in [0.15, 0.2) is 12.5 Å². The maximum atomic E-state index is 15.4. The van der Waals surface area contributed by atoms with E-state index < -0.39 is 159 Å². The average molecular weight is 1370 g/mol. The first-order chi connectivity index (χ1) is 47.2. The highest BCUT2D eigenvalue weighted by Gasteiger charge is 2.53. The van der Waals surface area contributed by atoms with E-state index in [4.69, 9.17) is 23.5 Å². The molecule has 5 aromatic rings. The molecular weight excluding hydrogens is 1280 g/mol. The fraction of sp³-hybridized carbons (Fsp3) is 0.465. The number of quaternary nitrogens is 1. The van der Waals surface area contributed by atoms with E-state index in [2.05, 4.69) is 33.5 Å². The van der Waals surface area contributed by atoms with Gasteiger partial charge in [-0.25, -0.2) is 0 Å². The van der Waals surface area contributed by atoms with Crippen LogP contribution in [0.5, 0.6) is 17.2 Å². The number of ether oxygens (including phenoxy) is 3. The van der Waals surface area contributed by atoms with Gasteiger partial charge in [-0.2, -0.15) is 0 Å². The lowest BCUT2D eigenvalue weighted by Gasteiger charge is -2.34. The van der Waals surface area contributed by atoms with Crippen LogP contribution in [0.1, 0.15) is 92.2 Å². The standard InChI is InChI=1S/C71H89BN8O19/c1-9-10-11-31-96-52-28-23-45(24-29-52)43-14-12-42(13-15-43)44-16-18-47(19-17-44)64(88)73-53-35-55(86)69(97-32-30-80(5,6)7)77-68(92)60-61(87)39(2)36-79(60)71(94)58(41(4)83)75-67(91)59(76-66(90)54-34-51(85)37-78(54)70(93)57(40(3)82)74-65(53)89)63-62(46-21-26-50(84)27-22-46)98-72(99-63)49-25-20-48(38-81)56(33-49)95-8/h12-29,33,38-41,51,53-55,57-63,69,82-83,85-87H,9-11,30-32,34-37H2,1-8H3,(H5-,73,74,75,76,77,84,88,89,90,91,92)/p+1/t39-,40+,41+,51+,53-,54-,55+,57-,58-,59-,60-,61-,62-,63-,69+/m0/s1. The molecule has 4 heterocycles. The van der Waals surface area contributed by atoms with Crippen molar-refractivity contribution in [3.63, 3.8) is 0 Å². The number of benzene rings is 5. The molecule has 4 aliphatic heterocycles. The van der Waals surface area contributed by atoms with E-state index in [0.29, 0.717) is 17.4 Å². The van der Waals surface area contributed by atoms with E-state index in [-0.39, 0.29) is 53.3 Å². The fourth-order valence-electron chi connectivity index (χ4n) is 12.5. The van der Waals surface area contributed by atoms with Crippen molar-refractivity contribution in [2.45, 2.75) is 145 Å². The second-order valence-electron chi connectivity index (χ2n) is 26.8. The summed E-state index contributed by atoms with van der Waals surface area (Å²) in [5.41, 5.74) is 4.24. The highest BCUT2D eigenvalue weighted by molar-refractivity contribution is 6.62. The van der Waals surface area contributed by atoms with Crippen molar-refractivity contribution >= 4 is 60.2 Å². The molecule has 0 spiro atoms. The van der Waals surface area contributed by atoms with Crippen LogP contribution in [0.25, 0.3) is 22.3 Å². The number of aromatic hydroxyl groups is 1. The number of carbonyl (C=O) groups excluding carboxylic acids is 8. The van der Waals surface area contributed by atoms with Crippen LogP contribution in [-0.2, 0) is 42.8 Å². The second-order valence-corrected chi connectivity index (χ2v) is 26.8. The number of aliphatic hydroxyl groups excluding tert-OH is 5. The molecule has 4 aliphatic rings. The Hall–Kier alpha value is -8.84. The van der Waals surface area contributed by atoms with Gasteiger partial charge in [-0.3, -0.25) is 38.4 Å². The van der Waals surface area contributed by atoms with Gasteiger partial charge in [0, 0.05) is 37.4 Å². The maximum Gasteiger partial charge on any atom is 0.494 e. The first-order valence-corrected chi connectivity index (χ1v) is 33.3.